The summed E-state index contributed by atoms with van der Waals surface area (Å²) < 4.78 is 11.4. The van der Waals surface area contributed by atoms with E-state index in [9.17, 15) is 19.2 Å². The van der Waals surface area contributed by atoms with Gasteiger partial charge in [-0.1, -0.05) is 24.3 Å². The Labute approximate surface area is 226 Å². The van der Waals surface area contributed by atoms with E-state index in [1.165, 1.54) is 0 Å². The van der Waals surface area contributed by atoms with E-state index >= 15 is 0 Å². The molecule has 38 heavy (non-hydrogen) atoms. The molecule has 0 bridgehead atoms. The Kier molecular flexibility index (Phi) is 9.06. The van der Waals surface area contributed by atoms with Gasteiger partial charge in [0.05, 0.1) is 11.5 Å². The van der Waals surface area contributed by atoms with E-state index in [0.717, 1.165) is 41.5 Å². The zero-order chi connectivity index (χ0) is 27.1. The molecule has 9 nitrogen and oxygen atoms in total. The Morgan fingerprint density at radius 2 is 1.79 bits per heavy atom. The molecule has 2 aliphatic rings. The van der Waals surface area contributed by atoms with Crippen LogP contribution in [0, 0.1) is 6.92 Å². The maximum absolute atomic E-state index is 12.9. The van der Waals surface area contributed by atoms with Gasteiger partial charge in [0.25, 0.3) is 17.1 Å². The third-order valence-corrected chi connectivity index (χ3v) is 7.13. The van der Waals surface area contributed by atoms with Crippen LogP contribution in [0.3, 0.4) is 0 Å². The number of hydrogen-bond acceptors (Lipinski definition) is 7. The third kappa shape index (κ3) is 6.74. The van der Waals surface area contributed by atoms with Crippen molar-refractivity contribution < 1.29 is 28.7 Å². The lowest BCUT2D eigenvalue weighted by Crippen LogP contribution is -2.44. The molecule has 2 aromatic rings. The minimum atomic E-state index is -0.489. The Morgan fingerprint density at radius 3 is 2.53 bits per heavy atom. The number of aryl methyl sites for hydroxylation is 1. The van der Waals surface area contributed by atoms with Gasteiger partial charge in [-0.3, -0.25) is 24.1 Å². The van der Waals surface area contributed by atoms with E-state index in [4.69, 9.17) is 9.47 Å². The van der Waals surface area contributed by atoms with Gasteiger partial charge in [-0.2, -0.15) is 0 Å². The summed E-state index contributed by atoms with van der Waals surface area (Å²) in [6.07, 6.45) is 4.55. The zero-order valence-electron chi connectivity index (χ0n) is 21.5. The van der Waals surface area contributed by atoms with Gasteiger partial charge in [0.2, 0.25) is 5.91 Å². The number of piperidine rings is 1. The lowest BCUT2D eigenvalue weighted by Gasteiger charge is -2.27. The fourth-order valence-corrected chi connectivity index (χ4v) is 5.05. The van der Waals surface area contributed by atoms with Gasteiger partial charge in [-0.25, -0.2) is 0 Å². The van der Waals surface area contributed by atoms with E-state index in [-0.39, 0.29) is 29.9 Å². The lowest BCUT2D eigenvalue weighted by atomic mass is 10.1. The average molecular weight is 538 g/mol. The number of amides is 4. The number of anilines is 1. The number of thioether (sulfide) groups is 1. The van der Waals surface area contributed by atoms with Gasteiger partial charge in [0.15, 0.2) is 18.1 Å². The van der Waals surface area contributed by atoms with Crippen molar-refractivity contribution in [2.45, 2.75) is 33.1 Å². The van der Waals surface area contributed by atoms with Gasteiger partial charge in [0.1, 0.15) is 6.54 Å². The molecule has 2 fully saturated rings. The van der Waals surface area contributed by atoms with Crippen molar-refractivity contribution in [3.63, 3.8) is 0 Å². The van der Waals surface area contributed by atoms with Crippen molar-refractivity contribution in [3.8, 4) is 11.5 Å². The van der Waals surface area contributed by atoms with Crippen molar-refractivity contribution in [1.82, 2.24) is 9.80 Å². The van der Waals surface area contributed by atoms with Gasteiger partial charge < -0.3 is 19.7 Å². The van der Waals surface area contributed by atoms with Gasteiger partial charge in [0, 0.05) is 18.8 Å². The van der Waals surface area contributed by atoms with E-state index in [1.807, 2.05) is 38.1 Å². The smallest absolute Gasteiger partial charge is 0.294 e. The summed E-state index contributed by atoms with van der Waals surface area (Å²) >= 11 is 0.808. The first-order valence-electron chi connectivity index (χ1n) is 12.6. The molecule has 0 saturated carbocycles. The molecule has 4 rings (SSSR count). The number of nitrogens with zero attached hydrogens (tertiary/aromatic N) is 2. The number of benzene rings is 2. The number of nitrogens with one attached hydrogen (secondary N) is 1. The van der Waals surface area contributed by atoms with E-state index in [2.05, 4.69) is 5.32 Å². The van der Waals surface area contributed by atoms with Crippen molar-refractivity contribution in [2.24, 2.45) is 0 Å². The molecule has 0 radical (unpaired) electrons. The fourth-order valence-electron chi connectivity index (χ4n) is 4.21. The standard InChI is InChI=1S/C28H31N3O6S/c1-3-36-23-15-20(11-12-22(23)37-18-25(32)29-21-10-6-5-9-19(21)2)16-24-27(34)31(28(35)38-24)17-26(33)30-13-7-4-8-14-30/h5-6,9-12,15-16H,3-4,7-8,13-14,17-18H2,1-2H3,(H,29,32)/b24-16-. The second kappa shape index (κ2) is 12.6. The highest BCUT2D eigenvalue weighted by Crippen LogP contribution is 2.35. The average Bonchev–Trinajstić information content (AvgIpc) is 3.17. The summed E-state index contributed by atoms with van der Waals surface area (Å²) in [7, 11) is 0. The Balaban J connectivity index is 1.41. The molecule has 2 heterocycles. The van der Waals surface area contributed by atoms with Crippen LogP contribution >= 0.6 is 11.8 Å². The Morgan fingerprint density at radius 1 is 1.03 bits per heavy atom. The van der Waals surface area contributed by atoms with Crippen LogP contribution in [0.1, 0.15) is 37.3 Å². The largest absolute Gasteiger partial charge is 0.490 e. The highest BCUT2D eigenvalue weighted by atomic mass is 32.2. The number of hydrogen-bond donors (Lipinski definition) is 1. The number of para-hydroxylation sites is 1. The van der Waals surface area contributed by atoms with Crippen LogP contribution in [-0.2, 0) is 14.4 Å². The van der Waals surface area contributed by atoms with Gasteiger partial charge in [-0.05, 0) is 80.3 Å². The van der Waals surface area contributed by atoms with Crippen LogP contribution in [0.2, 0.25) is 0 Å². The quantitative estimate of drug-likeness (QED) is 0.471. The Bertz CT molecular complexity index is 1250. The van der Waals surface area contributed by atoms with E-state index < -0.39 is 11.1 Å². The first-order chi connectivity index (χ1) is 18.4. The van der Waals surface area contributed by atoms with Crippen LogP contribution in [0.4, 0.5) is 10.5 Å². The molecule has 2 saturated heterocycles. The molecule has 10 heteroatoms. The molecule has 200 valence electrons. The molecular formula is C28H31N3O6S. The number of likely N-dealkylation sites (tertiary alicyclic amines) is 1. The van der Waals surface area contributed by atoms with Crippen molar-refractivity contribution in [3.05, 3.63) is 58.5 Å². The molecule has 4 amide bonds. The van der Waals surface area contributed by atoms with E-state index in [1.54, 1.807) is 29.2 Å². The molecule has 2 aliphatic heterocycles. The maximum Gasteiger partial charge on any atom is 0.294 e. The van der Waals surface area contributed by atoms with Crippen LogP contribution in [0.5, 0.6) is 11.5 Å². The molecule has 0 spiro atoms. The minimum absolute atomic E-state index is 0.208. The summed E-state index contributed by atoms with van der Waals surface area (Å²) in [5.74, 6) is -0.219. The first kappa shape index (κ1) is 27.3. The van der Waals surface area contributed by atoms with E-state index in [0.29, 0.717) is 42.4 Å². The van der Waals surface area contributed by atoms with Crippen LogP contribution < -0.4 is 14.8 Å². The normalized spacial score (nSPS) is 16.6. The number of carbonyl (C=O) groups is 4. The fraction of sp³-hybridized carbons (Fsp3) is 0.357. The van der Waals surface area contributed by atoms with Crippen molar-refractivity contribution >= 4 is 46.5 Å². The number of carbonyl (C=O) groups excluding carboxylic acids is 4. The van der Waals surface area contributed by atoms with Crippen molar-refractivity contribution in [2.75, 3.05) is 38.2 Å². The second-order valence-electron chi connectivity index (χ2n) is 9.00. The SMILES string of the molecule is CCOc1cc(/C=C2\SC(=O)N(CC(=O)N3CCCCC3)C2=O)ccc1OCC(=O)Nc1ccccc1C. The molecule has 0 aliphatic carbocycles. The van der Waals surface area contributed by atoms with Crippen molar-refractivity contribution in [1.29, 1.82) is 0 Å². The number of rotatable bonds is 9. The molecule has 0 atom stereocenters. The predicted octanol–water partition coefficient (Wildman–Crippen LogP) is 4.46. The topological polar surface area (TPSA) is 105 Å². The van der Waals surface area contributed by atoms with Gasteiger partial charge in [-0.15, -0.1) is 0 Å². The molecule has 0 aromatic heterocycles. The summed E-state index contributed by atoms with van der Waals surface area (Å²) in [6, 6.07) is 12.5. The number of ether oxygens (including phenoxy) is 2. The molecule has 2 aromatic carbocycles. The first-order valence-corrected chi connectivity index (χ1v) is 13.5. The summed E-state index contributed by atoms with van der Waals surface area (Å²) in [6.45, 7) is 4.96. The molecular weight excluding hydrogens is 506 g/mol. The van der Waals surface area contributed by atoms with Crippen LogP contribution in [0.25, 0.3) is 6.08 Å². The van der Waals surface area contributed by atoms with Crippen LogP contribution in [-0.4, -0.2) is 65.6 Å². The summed E-state index contributed by atoms with van der Waals surface area (Å²) in [5.41, 5.74) is 2.28. The zero-order valence-corrected chi connectivity index (χ0v) is 22.3. The summed E-state index contributed by atoms with van der Waals surface area (Å²) in [4.78, 5) is 53.3. The summed E-state index contributed by atoms with van der Waals surface area (Å²) in [5, 5.41) is 2.36. The maximum atomic E-state index is 12.9. The third-order valence-electron chi connectivity index (χ3n) is 6.22. The predicted molar refractivity (Wildman–Crippen MR) is 146 cm³/mol. The van der Waals surface area contributed by atoms with Gasteiger partial charge >= 0.3 is 0 Å². The monoisotopic (exact) mass is 537 g/mol. The lowest BCUT2D eigenvalue weighted by molar-refractivity contribution is -0.136. The van der Waals surface area contributed by atoms with Crippen LogP contribution in [0.15, 0.2) is 47.4 Å². The molecule has 0 unspecified atom stereocenters. The highest BCUT2D eigenvalue weighted by Gasteiger charge is 2.37. The number of imide groups is 1. The highest BCUT2D eigenvalue weighted by molar-refractivity contribution is 8.18. The minimum Gasteiger partial charge on any atom is -0.490 e. The second-order valence-corrected chi connectivity index (χ2v) is 9.99. The molecule has 1 N–H and O–H groups in total. The Hall–Kier alpha value is -3.79.